The fraction of sp³-hybridized carbons (Fsp3) is 1.00. The van der Waals surface area contributed by atoms with Gasteiger partial charge in [0.1, 0.15) is 0 Å². The van der Waals surface area contributed by atoms with Crippen LogP contribution in [0.1, 0.15) is 45.4 Å². The normalized spacial score (nSPS) is 9.00. The van der Waals surface area contributed by atoms with E-state index in [9.17, 15) is 0 Å². The topological polar surface area (TPSA) is 0 Å². The molecule has 0 nitrogen and oxygen atoms in total. The minimum atomic E-state index is 0. The summed E-state index contributed by atoms with van der Waals surface area (Å²) < 4.78 is 1.34. The Labute approximate surface area is 82.3 Å². The van der Waals surface area contributed by atoms with Crippen molar-refractivity contribution in [2.45, 2.75) is 45.4 Å². The number of hydrogen-bond acceptors (Lipinski definition) is 0. The van der Waals surface area contributed by atoms with E-state index in [-0.39, 0.29) is 9.90 Å². The van der Waals surface area contributed by atoms with E-state index in [2.05, 4.69) is 29.5 Å². The molecule has 1 atom stereocenters. The third-order valence-corrected chi connectivity index (χ3v) is 2.25. The lowest BCUT2D eigenvalue weighted by Gasteiger charge is -1.95. The van der Waals surface area contributed by atoms with Crippen molar-refractivity contribution in [3.05, 3.63) is 0 Å². The van der Waals surface area contributed by atoms with Crippen molar-refractivity contribution in [2.24, 2.45) is 0 Å². The second kappa shape index (κ2) is 12.8. The van der Waals surface area contributed by atoms with Crippen molar-refractivity contribution in [1.29, 1.82) is 0 Å². The van der Waals surface area contributed by atoms with Gasteiger partial charge >= 0.3 is 0 Å². The summed E-state index contributed by atoms with van der Waals surface area (Å²) in [6.45, 7) is 2.26. The molecular weight excluding hydrogens is 254 g/mol. The maximum Gasteiger partial charge on any atom is -0.000473 e. The van der Waals surface area contributed by atoms with Crippen LogP contribution in [0.3, 0.4) is 0 Å². The van der Waals surface area contributed by atoms with Gasteiger partial charge in [0.2, 0.25) is 0 Å². The summed E-state index contributed by atoms with van der Waals surface area (Å²) in [5.41, 5.74) is 0. The number of rotatable bonds is 6. The van der Waals surface area contributed by atoms with E-state index < -0.39 is 0 Å². The van der Waals surface area contributed by atoms with Crippen LogP contribution in [-0.2, 0) is 0 Å². The molecule has 0 aromatic heterocycles. The zero-order valence-electron chi connectivity index (χ0n) is 7.03. The van der Waals surface area contributed by atoms with Crippen LogP contribution >= 0.6 is 32.5 Å². The number of halogens is 1. The molecule has 0 rings (SSSR count). The summed E-state index contributed by atoms with van der Waals surface area (Å²) in [5.74, 6) is 0. The van der Waals surface area contributed by atoms with Gasteiger partial charge in [-0.25, -0.2) is 0 Å². The molecule has 10 heavy (non-hydrogen) atoms. The third-order valence-electron chi connectivity index (χ3n) is 1.49. The van der Waals surface area contributed by atoms with E-state index in [1.165, 1.54) is 43.0 Å². The van der Waals surface area contributed by atoms with E-state index >= 15 is 0 Å². The first-order valence-corrected chi connectivity index (χ1v) is 5.50. The molecule has 0 radical (unpaired) electrons. The van der Waals surface area contributed by atoms with E-state index in [1.807, 2.05) is 0 Å². The highest BCUT2D eigenvalue weighted by Gasteiger charge is 1.86. The van der Waals surface area contributed by atoms with Crippen LogP contribution in [0.2, 0.25) is 0 Å². The molecular formula is C8H20IP. The number of hydrogen-bond donors (Lipinski definition) is 0. The Hall–Kier alpha value is 1.16. The summed E-state index contributed by atoms with van der Waals surface area (Å²) in [5, 5.41) is 0. The van der Waals surface area contributed by atoms with E-state index in [0.717, 1.165) is 0 Å². The lowest BCUT2D eigenvalue weighted by molar-refractivity contribution is 0.629. The molecule has 2 heteroatoms. The first kappa shape index (κ1) is 13.7. The van der Waals surface area contributed by atoms with Gasteiger partial charge in [0, 0.05) is 0 Å². The molecule has 0 fully saturated rings. The molecule has 0 aliphatic carbocycles. The average molecular weight is 274 g/mol. The van der Waals surface area contributed by atoms with Crippen molar-refractivity contribution >= 4 is 32.5 Å². The van der Waals surface area contributed by atoms with Gasteiger partial charge in [0.25, 0.3) is 0 Å². The van der Waals surface area contributed by atoms with E-state index in [0.29, 0.717) is 0 Å². The highest BCUT2D eigenvalue weighted by Crippen LogP contribution is 2.05. The first-order valence-electron chi connectivity index (χ1n) is 3.97. The Bertz CT molecular complexity index is 42.5. The van der Waals surface area contributed by atoms with Crippen molar-refractivity contribution in [2.75, 3.05) is 4.43 Å². The lowest BCUT2D eigenvalue weighted by Crippen LogP contribution is -1.77. The molecule has 0 amide bonds. The maximum absolute atomic E-state index is 2.45. The highest BCUT2D eigenvalue weighted by atomic mass is 127. The van der Waals surface area contributed by atoms with Crippen LogP contribution in [0, 0.1) is 0 Å². The van der Waals surface area contributed by atoms with Gasteiger partial charge in [0.15, 0.2) is 0 Å². The zero-order chi connectivity index (χ0) is 6.95. The van der Waals surface area contributed by atoms with Crippen LogP contribution in [0.25, 0.3) is 0 Å². The lowest BCUT2D eigenvalue weighted by atomic mass is 10.1. The molecule has 0 aromatic rings. The Balaban J connectivity index is 0. The van der Waals surface area contributed by atoms with Gasteiger partial charge < -0.3 is 0 Å². The Morgan fingerprint density at radius 1 is 0.900 bits per heavy atom. The van der Waals surface area contributed by atoms with Crippen LogP contribution in [0.4, 0.5) is 0 Å². The first-order chi connectivity index (χ1) is 4.41. The summed E-state index contributed by atoms with van der Waals surface area (Å²) in [6, 6.07) is 0. The predicted octanol–water partition coefficient (Wildman–Crippen LogP) is 3.84. The molecule has 0 aliphatic heterocycles. The summed E-state index contributed by atoms with van der Waals surface area (Å²) in [6.07, 6.45) is 8.57. The second-order valence-electron chi connectivity index (χ2n) is 2.46. The smallest absolute Gasteiger partial charge is 0.000473 e. The summed E-state index contributed by atoms with van der Waals surface area (Å²) >= 11 is 2.45. The molecule has 0 aromatic carbocycles. The third kappa shape index (κ3) is 11.9. The molecule has 0 saturated heterocycles. The van der Waals surface area contributed by atoms with Gasteiger partial charge in [-0.2, -0.15) is 9.90 Å². The summed E-state index contributed by atoms with van der Waals surface area (Å²) in [4.78, 5) is 0. The van der Waals surface area contributed by atoms with Crippen molar-refractivity contribution < 1.29 is 0 Å². The molecule has 1 unspecified atom stereocenters. The molecule has 64 valence electrons. The zero-order valence-corrected chi connectivity index (χ0v) is 10.6. The monoisotopic (exact) mass is 274 g/mol. The fourth-order valence-electron chi connectivity index (χ4n) is 0.875. The molecule has 0 N–H and O–H groups in total. The Morgan fingerprint density at radius 3 is 1.90 bits per heavy atom. The van der Waals surface area contributed by atoms with E-state index in [1.54, 1.807) is 0 Å². The number of alkyl halides is 1. The Kier molecular flexibility index (Phi) is 17.6. The second-order valence-corrected chi connectivity index (χ2v) is 3.54. The molecule has 0 heterocycles. The largest absolute Gasteiger partial charge is 0.153 e. The van der Waals surface area contributed by atoms with Gasteiger partial charge in [-0.1, -0.05) is 61.6 Å². The van der Waals surface area contributed by atoms with Gasteiger partial charge in [-0.3, -0.25) is 0 Å². The molecule has 0 saturated carbocycles. The maximum atomic E-state index is 2.45. The van der Waals surface area contributed by atoms with Crippen LogP contribution in [-0.4, -0.2) is 4.43 Å². The summed E-state index contributed by atoms with van der Waals surface area (Å²) in [7, 11) is 0. The molecule has 0 bridgehead atoms. The van der Waals surface area contributed by atoms with Crippen molar-refractivity contribution in [1.82, 2.24) is 0 Å². The van der Waals surface area contributed by atoms with E-state index in [4.69, 9.17) is 0 Å². The molecule has 0 spiro atoms. The van der Waals surface area contributed by atoms with Crippen LogP contribution in [0.15, 0.2) is 0 Å². The minimum Gasteiger partial charge on any atom is -0.153 e. The SMILES string of the molecule is CCCCCCCCI.P. The van der Waals surface area contributed by atoms with Crippen LogP contribution < -0.4 is 0 Å². The van der Waals surface area contributed by atoms with Crippen molar-refractivity contribution in [3.8, 4) is 0 Å². The quantitative estimate of drug-likeness (QED) is 0.299. The van der Waals surface area contributed by atoms with Gasteiger partial charge in [0.05, 0.1) is 0 Å². The highest BCUT2D eigenvalue weighted by molar-refractivity contribution is 14.1. The average Bonchev–Trinajstić information content (AvgIpc) is 1.89. The standard InChI is InChI=1S/C8H17I.H3P/c1-2-3-4-5-6-7-8-9;/h2-8H2,1H3;1H3. The number of unbranched alkanes of at least 4 members (excludes halogenated alkanes) is 5. The molecule has 0 aliphatic rings. The predicted molar refractivity (Wildman–Crippen MR) is 63.4 cm³/mol. The van der Waals surface area contributed by atoms with Crippen molar-refractivity contribution in [3.63, 3.8) is 0 Å². The van der Waals surface area contributed by atoms with Gasteiger partial charge in [-0.05, 0) is 10.8 Å². The van der Waals surface area contributed by atoms with Crippen LogP contribution in [0.5, 0.6) is 0 Å². The Morgan fingerprint density at radius 2 is 1.40 bits per heavy atom. The fourth-order valence-corrected chi connectivity index (χ4v) is 1.41. The van der Waals surface area contributed by atoms with Gasteiger partial charge in [-0.15, -0.1) is 0 Å². The minimum absolute atomic E-state index is 0.